The van der Waals surface area contributed by atoms with Gasteiger partial charge in [-0.3, -0.25) is 4.79 Å². The van der Waals surface area contributed by atoms with E-state index in [0.29, 0.717) is 13.1 Å². The summed E-state index contributed by atoms with van der Waals surface area (Å²) < 4.78 is 0. The lowest BCUT2D eigenvalue weighted by Crippen LogP contribution is -2.49. The molecule has 27 heavy (non-hydrogen) atoms. The Labute approximate surface area is 160 Å². The molecule has 0 radical (unpaired) electrons. The summed E-state index contributed by atoms with van der Waals surface area (Å²) >= 11 is 0. The first-order valence-electron chi connectivity index (χ1n) is 10.1. The van der Waals surface area contributed by atoms with E-state index in [1.54, 1.807) is 0 Å². The molecule has 2 heterocycles. The maximum Gasteiger partial charge on any atom is 0.253 e. The molecule has 2 aromatic carbocycles. The summed E-state index contributed by atoms with van der Waals surface area (Å²) in [5, 5.41) is 14.2. The van der Waals surface area contributed by atoms with Crippen LogP contribution in [0.4, 0.5) is 0 Å². The molecule has 4 heteroatoms. The highest BCUT2D eigenvalue weighted by Crippen LogP contribution is 2.46. The van der Waals surface area contributed by atoms with Gasteiger partial charge in [0, 0.05) is 30.6 Å². The van der Waals surface area contributed by atoms with E-state index < -0.39 is 0 Å². The number of amides is 1. The summed E-state index contributed by atoms with van der Waals surface area (Å²) in [4.78, 5) is 15.0. The molecule has 0 aromatic heterocycles. The minimum atomic E-state index is -0.330. The topological polar surface area (TPSA) is 52.6 Å². The fraction of sp³-hybridized carbons (Fsp3) is 0.435. The van der Waals surface area contributed by atoms with E-state index in [0.717, 1.165) is 44.3 Å². The number of hydrogen-bond donors (Lipinski definition) is 2. The molecule has 1 amide bonds. The SMILES string of the molecule is O=C(c1ccc2c(c1)CCNC2)N1CCC2(CC1)c1ccccc1C[C@H]2O. The molecule has 2 aliphatic heterocycles. The standard InChI is InChI=1S/C23H26N2O2/c26-21-14-17-3-1-2-4-20(17)23(21)8-11-25(12-9-23)22(27)18-5-6-19-15-24-10-7-16(19)13-18/h1-6,13,21,24,26H,7-12,14-15H2/t21-/m1/s1. The van der Waals surface area contributed by atoms with Gasteiger partial charge in [0.25, 0.3) is 5.91 Å². The number of rotatable bonds is 1. The molecule has 1 atom stereocenters. The van der Waals surface area contributed by atoms with Crippen molar-refractivity contribution in [2.24, 2.45) is 0 Å². The van der Waals surface area contributed by atoms with Crippen LogP contribution in [0.1, 0.15) is 45.5 Å². The van der Waals surface area contributed by atoms with Gasteiger partial charge in [0.1, 0.15) is 0 Å². The highest BCUT2D eigenvalue weighted by atomic mass is 16.3. The molecule has 5 rings (SSSR count). The third-order valence-corrected chi connectivity index (χ3v) is 6.89. The Morgan fingerprint density at radius 2 is 1.89 bits per heavy atom. The quantitative estimate of drug-likeness (QED) is 0.819. The average Bonchev–Trinajstić information content (AvgIpc) is 2.99. The molecule has 1 aliphatic carbocycles. The van der Waals surface area contributed by atoms with Crippen molar-refractivity contribution in [1.29, 1.82) is 0 Å². The Hall–Kier alpha value is -2.17. The van der Waals surface area contributed by atoms with E-state index >= 15 is 0 Å². The number of carbonyl (C=O) groups is 1. The van der Waals surface area contributed by atoms with Gasteiger partial charge >= 0.3 is 0 Å². The van der Waals surface area contributed by atoms with Gasteiger partial charge in [-0.15, -0.1) is 0 Å². The van der Waals surface area contributed by atoms with Gasteiger partial charge in [-0.05, 0) is 66.6 Å². The Morgan fingerprint density at radius 3 is 2.74 bits per heavy atom. The summed E-state index contributed by atoms with van der Waals surface area (Å²) in [5.74, 6) is 0.131. The molecule has 3 aliphatic rings. The highest BCUT2D eigenvalue weighted by molar-refractivity contribution is 5.94. The van der Waals surface area contributed by atoms with Crippen LogP contribution in [0.3, 0.4) is 0 Å². The Bertz CT molecular complexity index is 884. The van der Waals surface area contributed by atoms with E-state index in [2.05, 4.69) is 41.7 Å². The van der Waals surface area contributed by atoms with Crippen LogP contribution in [0.15, 0.2) is 42.5 Å². The predicted octanol–water partition coefficient (Wildman–Crippen LogP) is 2.42. The molecule has 0 unspecified atom stereocenters. The van der Waals surface area contributed by atoms with E-state index in [1.165, 1.54) is 22.3 Å². The maximum atomic E-state index is 13.1. The lowest BCUT2D eigenvalue weighted by atomic mass is 9.72. The van der Waals surface area contributed by atoms with Gasteiger partial charge in [-0.25, -0.2) is 0 Å². The molecule has 1 saturated heterocycles. The molecule has 2 aromatic rings. The average molecular weight is 362 g/mol. The van der Waals surface area contributed by atoms with Crippen LogP contribution >= 0.6 is 0 Å². The second-order valence-corrected chi connectivity index (χ2v) is 8.24. The Balaban J connectivity index is 1.34. The van der Waals surface area contributed by atoms with Crippen molar-refractivity contribution in [1.82, 2.24) is 10.2 Å². The lowest BCUT2D eigenvalue weighted by Gasteiger charge is -2.42. The van der Waals surface area contributed by atoms with Gasteiger partial charge in [-0.1, -0.05) is 30.3 Å². The van der Waals surface area contributed by atoms with Gasteiger partial charge < -0.3 is 15.3 Å². The van der Waals surface area contributed by atoms with E-state index in [4.69, 9.17) is 0 Å². The first kappa shape index (κ1) is 17.0. The number of nitrogens with zero attached hydrogens (tertiary/aromatic N) is 1. The van der Waals surface area contributed by atoms with Crippen molar-refractivity contribution in [3.63, 3.8) is 0 Å². The third kappa shape index (κ3) is 2.70. The molecule has 2 N–H and O–H groups in total. The molecular weight excluding hydrogens is 336 g/mol. The zero-order chi connectivity index (χ0) is 18.4. The van der Waals surface area contributed by atoms with Crippen molar-refractivity contribution in [2.45, 2.75) is 43.7 Å². The number of carbonyl (C=O) groups excluding carboxylic acids is 1. The van der Waals surface area contributed by atoms with E-state index in [-0.39, 0.29) is 17.4 Å². The minimum Gasteiger partial charge on any atom is -0.392 e. The Kier molecular flexibility index (Phi) is 4.06. The van der Waals surface area contributed by atoms with Gasteiger partial charge in [-0.2, -0.15) is 0 Å². The maximum absolute atomic E-state index is 13.1. The zero-order valence-electron chi connectivity index (χ0n) is 15.6. The number of aliphatic hydroxyl groups excluding tert-OH is 1. The molecule has 1 spiro atoms. The van der Waals surface area contributed by atoms with Crippen LogP contribution in [-0.4, -0.2) is 41.7 Å². The number of piperidine rings is 1. The summed E-state index contributed by atoms with van der Waals surface area (Å²) in [6, 6.07) is 14.6. The van der Waals surface area contributed by atoms with Crippen LogP contribution in [-0.2, 0) is 24.8 Å². The van der Waals surface area contributed by atoms with Crippen molar-refractivity contribution in [2.75, 3.05) is 19.6 Å². The zero-order valence-corrected chi connectivity index (χ0v) is 15.6. The van der Waals surface area contributed by atoms with E-state index in [1.807, 2.05) is 11.0 Å². The molecule has 140 valence electrons. The fourth-order valence-corrected chi connectivity index (χ4v) is 5.27. The fourth-order valence-electron chi connectivity index (χ4n) is 5.27. The van der Waals surface area contributed by atoms with Crippen molar-refractivity contribution >= 4 is 5.91 Å². The van der Waals surface area contributed by atoms with Crippen LogP contribution in [0.5, 0.6) is 0 Å². The third-order valence-electron chi connectivity index (χ3n) is 6.89. The molecule has 0 bridgehead atoms. The number of fused-ring (bicyclic) bond motifs is 3. The number of nitrogens with one attached hydrogen (secondary N) is 1. The predicted molar refractivity (Wildman–Crippen MR) is 105 cm³/mol. The van der Waals surface area contributed by atoms with E-state index in [9.17, 15) is 9.90 Å². The smallest absolute Gasteiger partial charge is 0.253 e. The van der Waals surface area contributed by atoms with Gasteiger partial charge in [0.15, 0.2) is 0 Å². The summed E-state index contributed by atoms with van der Waals surface area (Å²) in [7, 11) is 0. The minimum absolute atomic E-state index is 0.131. The van der Waals surface area contributed by atoms with Gasteiger partial charge in [0.2, 0.25) is 0 Å². The monoisotopic (exact) mass is 362 g/mol. The number of likely N-dealkylation sites (tertiary alicyclic amines) is 1. The first-order valence-corrected chi connectivity index (χ1v) is 10.1. The van der Waals surface area contributed by atoms with Gasteiger partial charge in [0.05, 0.1) is 6.10 Å². The molecular formula is C23H26N2O2. The van der Waals surface area contributed by atoms with Crippen LogP contribution in [0, 0.1) is 0 Å². The van der Waals surface area contributed by atoms with Crippen molar-refractivity contribution in [3.8, 4) is 0 Å². The number of hydrogen-bond acceptors (Lipinski definition) is 3. The summed E-state index contributed by atoms with van der Waals surface area (Å²) in [6.45, 7) is 3.30. The summed E-state index contributed by atoms with van der Waals surface area (Å²) in [5.41, 5.74) is 5.81. The largest absolute Gasteiger partial charge is 0.392 e. The number of benzene rings is 2. The second-order valence-electron chi connectivity index (χ2n) is 8.24. The Morgan fingerprint density at radius 1 is 1.07 bits per heavy atom. The number of aliphatic hydroxyl groups is 1. The molecule has 0 saturated carbocycles. The van der Waals surface area contributed by atoms with Crippen LogP contribution in [0.25, 0.3) is 0 Å². The summed E-state index contributed by atoms with van der Waals surface area (Å²) in [6.07, 6.45) is 3.08. The lowest BCUT2D eigenvalue weighted by molar-refractivity contribution is 0.0365. The molecule has 4 nitrogen and oxygen atoms in total. The van der Waals surface area contributed by atoms with Crippen LogP contribution < -0.4 is 5.32 Å². The van der Waals surface area contributed by atoms with Crippen molar-refractivity contribution < 1.29 is 9.90 Å². The molecule has 1 fully saturated rings. The highest BCUT2D eigenvalue weighted by Gasteiger charge is 2.48. The van der Waals surface area contributed by atoms with Crippen LogP contribution in [0.2, 0.25) is 0 Å². The normalized spacial score (nSPS) is 23.1. The first-order chi connectivity index (χ1) is 13.2. The van der Waals surface area contributed by atoms with Crippen molar-refractivity contribution in [3.05, 3.63) is 70.3 Å². The second kappa shape index (κ2) is 6.47.